The molecule has 0 saturated heterocycles. The summed E-state index contributed by atoms with van der Waals surface area (Å²) in [7, 11) is 0. The highest BCUT2D eigenvalue weighted by Gasteiger charge is 2.22. The van der Waals surface area contributed by atoms with Gasteiger partial charge in [0.2, 0.25) is 11.1 Å². The fraction of sp³-hybridized carbons (Fsp3) is 0.222. The molecule has 10 heteroatoms. The summed E-state index contributed by atoms with van der Waals surface area (Å²) in [6.07, 6.45) is 0. The predicted octanol–water partition coefficient (Wildman–Crippen LogP) is 3.31. The van der Waals surface area contributed by atoms with Gasteiger partial charge in [0.25, 0.3) is 5.69 Å². The van der Waals surface area contributed by atoms with Crippen molar-refractivity contribution in [3.8, 4) is 5.69 Å². The van der Waals surface area contributed by atoms with Crippen molar-refractivity contribution in [2.24, 2.45) is 0 Å². The van der Waals surface area contributed by atoms with Crippen molar-refractivity contribution >= 4 is 29.0 Å². The molecule has 0 saturated carbocycles. The number of nitro benzene ring substituents is 1. The molecule has 3 rings (SSSR count). The minimum absolute atomic E-state index is 0.152. The third kappa shape index (κ3) is 4.17. The van der Waals surface area contributed by atoms with Gasteiger partial charge in [-0.05, 0) is 48.9 Å². The van der Waals surface area contributed by atoms with E-state index in [1.807, 2.05) is 32.0 Å². The summed E-state index contributed by atoms with van der Waals surface area (Å²) >= 11 is 1.17. The molecule has 1 heterocycles. The zero-order valence-corrected chi connectivity index (χ0v) is 16.3. The minimum atomic E-state index is -0.574. The Kier molecular flexibility index (Phi) is 5.69. The Labute approximate surface area is 165 Å². The number of aryl methyl sites for hydroxylation is 2. The van der Waals surface area contributed by atoms with E-state index in [9.17, 15) is 14.9 Å². The predicted molar refractivity (Wildman–Crippen MR) is 106 cm³/mol. The maximum absolute atomic E-state index is 12.5. The number of nitro groups is 1. The smallest absolute Gasteiger partial charge is 0.292 e. The van der Waals surface area contributed by atoms with Crippen molar-refractivity contribution in [3.05, 3.63) is 63.7 Å². The van der Waals surface area contributed by atoms with E-state index in [4.69, 9.17) is 0 Å². The first kappa shape index (κ1) is 19.5. The normalized spacial score (nSPS) is 11.8. The maximum Gasteiger partial charge on any atom is 0.292 e. The third-order valence-electron chi connectivity index (χ3n) is 4.03. The number of hydrogen-bond acceptors (Lipinski definition) is 7. The topological polar surface area (TPSA) is 116 Å². The molecular formula is C18H18N6O3S. The van der Waals surface area contributed by atoms with Gasteiger partial charge in [-0.15, -0.1) is 5.10 Å². The van der Waals surface area contributed by atoms with Gasteiger partial charge in [0, 0.05) is 6.07 Å². The van der Waals surface area contributed by atoms with Crippen LogP contribution in [0.25, 0.3) is 5.69 Å². The molecule has 0 aliphatic rings. The summed E-state index contributed by atoms with van der Waals surface area (Å²) in [6.45, 7) is 5.65. The Morgan fingerprint density at radius 3 is 2.71 bits per heavy atom. The Bertz CT molecular complexity index is 1040. The van der Waals surface area contributed by atoms with Gasteiger partial charge in [-0.1, -0.05) is 41.6 Å². The standard InChI is InChI=1S/C18H18N6O3S/c1-11-8-9-15(12(2)10-11)23-18(20-21-22-23)28-13(3)17(25)19-14-6-4-5-7-16(14)24(26)27/h4-10,13H,1-3H3,(H,19,25)/t13-/m0/s1. The van der Waals surface area contributed by atoms with Crippen LogP contribution in [0.3, 0.4) is 0 Å². The zero-order chi connectivity index (χ0) is 20.3. The summed E-state index contributed by atoms with van der Waals surface area (Å²) in [4.78, 5) is 23.1. The van der Waals surface area contributed by atoms with Crippen molar-refractivity contribution < 1.29 is 9.72 Å². The molecule has 0 radical (unpaired) electrons. The van der Waals surface area contributed by atoms with Crippen LogP contribution in [-0.4, -0.2) is 36.3 Å². The first-order chi connectivity index (χ1) is 13.4. The van der Waals surface area contributed by atoms with Crippen molar-refractivity contribution in [2.45, 2.75) is 31.2 Å². The Morgan fingerprint density at radius 2 is 2.00 bits per heavy atom. The van der Waals surface area contributed by atoms with E-state index in [0.717, 1.165) is 16.8 Å². The molecule has 9 nitrogen and oxygen atoms in total. The summed E-state index contributed by atoms with van der Waals surface area (Å²) in [5.41, 5.74) is 2.95. The average Bonchev–Trinajstić information content (AvgIpc) is 3.09. The van der Waals surface area contributed by atoms with E-state index < -0.39 is 10.2 Å². The van der Waals surface area contributed by atoms with E-state index in [1.165, 1.54) is 23.9 Å². The highest BCUT2D eigenvalue weighted by Crippen LogP contribution is 2.27. The molecule has 0 spiro atoms. The number of tetrazole rings is 1. The first-order valence-corrected chi connectivity index (χ1v) is 9.31. The van der Waals surface area contributed by atoms with E-state index >= 15 is 0 Å². The van der Waals surface area contributed by atoms with Gasteiger partial charge in [0.05, 0.1) is 15.9 Å². The van der Waals surface area contributed by atoms with Crippen LogP contribution in [0.15, 0.2) is 47.6 Å². The van der Waals surface area contributed by atoms with Gasteiger partial charge in [0.1, 0.15) is 5.69 Å². The van der Waals surface area contributed by atoms with Crippen molar-refractivity contribution in [2.75, 3.05) is 5.32 Å². The van der Waals surface area contributed by atoms with Crippen molar-refractivity contribution in [3.63, 3.8) is 0 Å². The average molecular weight is 398 g/mol. The van der Waals surface area contributed by atoms with Crippen LogP contribution in [-0.2, 0) is 4.79 Å². The fourth-order valence-corrected chi connectivity index (χ4v) is 3.43. The van der Waals surface area contributed by atoms with Gasteiger partial charge in [0.15, 0.2) is 0 Å². The molecule has 0 aliphatic heterocycles. The minimum Gasteiger partial charge on any atom is -0.319 e. The first-order valence-electron chi connectivity index (χ1n) is 8.43. The highest BCUT2D eigenvalue weighted by molar-refractivity contribution is 8.00. The number of nitrogens with one attached hydrogen (secondary N) is 1. The molecule has 3 aromatic rings. The second-order valence-electron chi connectivity index (χ2n) is 6.19. The lowest BCUT2D eigenvalue weighted by Gasteiger charge is -2.13. The second-order valence-corrected chi connectivity index (χ2v) is 7.49. The number of anilines is 1. The van der Waals surface area contributed by atoms with Crippen LogP contribution < -0.4 is 5.32 Å². The Hall–Kier alpha value is -3.27. The summed E-state index contributed by atoms with van der Waals surface area (Å²) in [6, 6.07) is 11.9. The molecule has 2 aromatic carbocycles. The van der Waals surface area contributed by atoms with E-state index in [-0.39, 0.29) is 17.3 Å². The van der Waals surface area contributed by atoms with Crippen LogP contribution in [0, 0.1) is 24.0 Å². The molecule has 28 heavy (non-hydrogen) atoms. The number of benzene rings is 2. The number of amides is 1. The lowest BCUT2D eigenvalue weighted by molar-refractivity contribution is -0.383. The molecule has 1 amide bonds. The number of aromatic nitrogens is 4. The Balaban J connectivity index is 1.77. The third-order valence-corrected chi connectivity index (χ3v) is 5.06. The number of hydrogen-bond donors (Lipinski definition) is 1. The lowest BCUT2D eigenvalue weighted by Crippen LogP contribution is -2.23. The molecule has 0 fully saturated rings. The molecule has 1 N–H and O–H groups in total. The van der Waals surface area contributed by atoms with E-state index in [2.05, 4.69) is 20.8 Å². The zero-order valence-electron chi connectivity index (χ0n) is 15.5. The number of carbonyl (C=O) groups excluding carboxylic acids is 1. The van der Waals surface area contributed by atoms with Crippen LogP contribution in [0.4, 0.5) is 11.4 Å². The monoisotopic (exact) mass is 398 g/mol. The van der Waals surface area contributed by atoms with E-state index in [0.29, 0.717) is 5.16 Å². The SMILES string of the molecule is Cc1ccc(-n2nnnc2S[C@@H](C)C(=O)Nc2ccccc2[N+](=O)[O-])c(C)c1. The van der Waals surface area contributed by atoms with Crippen LogP contribution in [0.2, 0.25) is 0 Å². The number of thioether (sulfide) groups is 1. The largest absolute Gasteiger partial charge is 0.319 e. The fourth-order valence-electron chi connectivity index (χ4n) is 2.63. The lowest BCUT2D eigenvalue weighted by atomic mass is 10.1. The molecule has 0 unspecified atom stereocenters. The van der Waals surface area contributed by atoms with E-state index in [1.54, 1.807) is 23.7 Å². The van der Waals surface area contributed by atoms with Gasteiger partial charge >= 0.3 is 0 Å². The van der Waals surface area contributed by atoms with Gasteiger partial charge in [-0.25, -0.2) is 0 Å². The van der Waals surface area contributed by atoms with Gasteiger partial charge in [-0.3, -0.25) is 14.9 Å². The summed E-state index contributed by atoms with van der Waals surface area (Å²) < 4.78 is 1.58. The summed E-state index contributed by atoms with van der Waals surface area (Å²) in [5.74, 6) is -0.380. The molecule has 1 atom stereocenters. The summed E-state index contributed by atoms with van der Waals surface area (Å²) in [5, 5.41) is 25.3. The second kappa shape index (κ2) is 8.17. The van der Waals surface area contributed by atoms with Gasteiger partial charge < -0.3 is 5.32 Å². The highest BCUT2D eigenvalue weighted by atomic mass is 32.2. The van der Waals surface area contributed by atoms with Crippen molar-refractivity contribution in [1.82, 2.24) is 20.2 Å². The molecule has 0 bridgehead atoms. The molecular weight excluding hydrogens is 380 g/mol. The number of carbonyl (C=O) groups is 1. The van der Waals surface area contributed by atoms with Gasteiger partial charge in [-0.2, -0.15) is 4.68 Å². The van der Waals surface area contributed by atoms with Crippen LogP contribution in [0.1, 0.15) is 18.1 Å². The number of rotatable bonds is 6. The maximum atomic E-state index is 12.5. The number of para-hydroxylation sites is 2. The van der Waals surface area contributed by atoms with Crippen molar-refractivity contribution in [1.29, 1.82) is 0 Å². The molecule has 144 valence electrons. The molecule has 1 aromatic heterocycles. The van der Waals surface area contributed by atoms with Crippen LogP contribution >= 0.6 is 11.8 Å². The van der Waals surface area contributed by atoms with Crippen LogP contribution in [0.5, 0.6) is 0 Å². The number of nitrogens with zero attached hydrogens (tertiary/aromatic N) is 5. The quantitative estimate of drug-likeness (QED) is 0.385. The molecule has 0 aliphatic carbocycles. The Morgan fingerprint density at radius 1 is 1.25 bits per heavy atom.